The lowest BCUT2D eigenvalue weighted by atomic mass is 10.1. The summed E-state index contributed by atoms with van der Waals surface area (Å²) in [5.74, 6) is -2.30. The predicted molar refractivity (Wildman–Crippen MR) is 182 cm³/mol. The number of amides is 1. The summed E-state index contributed by atoms with van der Waals surface area (Å²) in [7, 11) is 0. The van der Waals surface area contributed by atoms with Crippen LogP contribution < -0.4 is 15.5 Å². The Bertz CT molecular complexity index is 2030. The monoisotopic (exact) mass is 650 g/mol. The normalized spacial score (nSPS) is 13.8. The SMILES string of the molecule is CC(C)N1CCN(c2ccc(Nc3nccc(-c4c(-c5cccc(NC(=O)c6c(F)cccc6F)c5)nc5sccn45)n3)cc2)CC1. The minimum Gasteiger partial charge on any atom is -0.369 e. The Morgan fingerprint density at radius 1 is 0.894 bits per heavy atom. The number of imidazole rings is 1. The third-order valence-corrected chi connectivity index (χ3v) is 9.03. The van der Waals surface area contributed by atoms with E-state index in [4.69, 9.17) is 9.97 Å². The van der Waals surface area contributed by atoms with Gasteiger partial charge in [-0.1, -0.05) is 18.2 Å². The summed E-state index contributed by atoms with van der Waals surface area (Å²) in [5, 5.41) is 7.89. The van der Waals surface area contributed by atoms with Crippen molar-refractivity contribution in [2.75, 3.05) is 41.7 Å². The topological polar surface area (TPSA) is 90.7 Å². The van der Waals surface area contributed by atoms with Crippen LogP contribution in [0.2, 0.25) is 0 Å². The molecule has 0 unspecified atom stereocenters. The maximum absolute atomic E-state index is 14.2. The van der Waals surface area contributed by atoms with Crippen molar-refractivity contribution >= 4 is 45.2 Å². The smallest absolute Gasteiger partial charge is 0.261 e. The van der Waals surface area contributed by atoms with Gasteiger partial charge in [-0.15, -0.1) is 11.3 Å². The van der Waals surface area contributed by atoms with Crippen LogP contribution in [0.25, 0.3) is 27.6 Å². The Labute approximate surface area is 274 Å². The lowest BCUT2D eigenvalue weighted by Gasteiger charge is -2.38. The van der Waals surface area contributed by atoms with Gasteiger partial charge in [0.05, 0.1) is 11.4 Å². The number of fused-ring (bicyclic) bond motifs is 1. The molecule has 0 bridgehead atoms. The van der Waals surface area contributed by atoms with Gasteiger partial charge in [-0.05, 0) is 68.4 Å². The maximum atomic E-state index is 14.2. The molecule has 0 saturated carbocycles. The van der Waals surface area contributed by atoms with E-state index in [0.29, 0.717) is 34.6 Å². The molecular weight excluding hydrogens is 619 g/mol. The molecule has 3 aromatic carbocycles. The molecule has 0 aliphatic carbocycles. The van der Waals surface area contributed by atoms with Crippen LogP contribution in [0.4, 0.5) is 31.8 Å². The van der Waals surface area contributed by atoms with Gasteiger partial charge in [-0.2, -0.15) is 0 Å². The van der Waals surface area contributed by atoms with Gasteiger partial charge in [-0.3, -0.25) is 14.1 Å². The van der Waals surface area contributed by atoms with Gasteiger partial charge in [0.25, 0.3) is 5.91 Å². The third kappa shape index (κ3) is 6.29. The summed E-state index contributed by atoms with van der Waals surface area (Å²) in [6.45, 7) is 8.59. The minimum atomic E-state index is -0.931. The molecule has 6 aromatic rings. The summed E-state index contributed by atoms with van der Waals surface area (Å²) in [5.41, 5.74) is 4.51. The highest BCUT2D eigenvalue weighted by atomic mass is 32.1. The number of halogens is 2. The molecule has 1 aliphatic rings. The van der Waals surface area contributed by atoms with Crippen LogP contribution in [0.5, 0.6) is 0 Å². The number of nitrogens with zero attached hydrogens (tertiary/aromatic N) is 6. The number of thiazole rings is 1. The fraction of sp³-hybridized carbons (Fsp3) is 0.200. The van der Waals surface area contributed by atoms with E-state index >= 15 is 0 Å². The molecule has 4 heterocycles. The number of benzene rings is 3. The van der Waals surface area contributed by atoms with E-state index in [-0.39, 0.29) is 0 Å². The first-order valence-electron chi connectivity index (χ1n) is 15.3. The fourth-order valence-corrected chi connectivity index (χ4v) is 6.53. The minimum absolute atomic E-state index is 0.368. The van der Waals surface area contributed by atoms with E-state index in [9.17, 15) is 13.6 Å². The fourth-order valence-electron chi connectivity index (χ4n) is 5.82. The van der Waals surface area contributed by atoms with Crippen LogP contribution in [0.1, 0.15) is 24.2 Å². The molecule has 1 saturated heterocycles. The predicted octanol–water partition coefficient (Wildman–Crippen LogP) is 7.32. The molecule has 1 fully saturated rings. The average Bonchev–Trinajstić information content (AvgIpc) is 3.67. The molecule has 238 valence electrons. The van der Waals surface area contributed by atoms with Crippen LogP contribution in [0, 0.1) is 11.6 Å². The number of aromatic nitrogens is 4. The van der Waals surface area contributed by atoms with Crippen molar-refractivity contribution in [2.45, 2.75) is 19.9 Å². The van der Waals surface area contributed by atoms with Gasteiger partial charge in [-0.25, -0.2) is 23.7 Å². The molecule has 1 aliphatic heterocycles. The van der Waals surface area contributed by atoms with Crippen LogP contribution in [0.15, 0.2) is 90.6 Å². The lowest BCUT2D eigenvalue weighted by Crippen LogP contribution is -2.48. The number of rotatable bonds is 8. The van der Waals surface area contributed by atoms with Crippen molar-refractivity contribution in [1.29, 1.82) is 0 Å². The summed E-state index contributed by atoms with van der Waals surface area (Å²) in [6.07, 6.45) is 3.62. The first-order valence-corrected chi connectivity index (χ1v) is 16.2. The van der Waals surface area contributed by atoms with Gasteiger partial charge in [0.1, 0.15) is 22.9 Å². The van der Waals surface area contributed by atoms with Crippen LogP contribution in [0.3, 0.4) is 0 Å². The van der Waals surface area contributed by atoms with Crippen molar-refractivity contribution in [3.63, 3.8) is 0 Å². The molecule has 3 aromatic heterocycles. The Morgan fingerprint density at radius 3 is 2.38 bits per heavy atom. The lowest BCUT2D eigenvalue weighted by molar-refractivity contribution is 0.101. The standard InChI is InChI=1S/C35H32F2N8OS/c1-22(2)43-15-17-44(18-16-43)26-11-9-24(10-12-26)40-34-38-14-13-29(41-34)32-31(42-35-45(32)19-20-47-35)23-5-3-6-25(21-23)39-33(46)30-27(36)7-4-8-28(30)37/h3-14,19-22H,15-18H2,1-2H3,(H,39,46)(H,38,40,41). The highest BCUT2D eigenvalue weighted by Crippen LogP contribution is 2.35. The number of anilines is 4. The Hall–Kier alpha value is -5.20. The molecule has 0 radical (unpaired) electrons. The zero-order valence-corrected chi connectivity index (χ0v) is 26.6. The third-order valence-electron chi connectivity index (χ3n) is 8.28. The van der Waals surface area contributed by atoms with Crippen LogP contribution >= 0.6 is 11.3 Å². The first-order chi connectivity index (χ1) is 22.8. The van der Waals surface area contributed by atoms with Crippen LogP contribution in [-0.2, 0) is 0 Å². The molecule has 47 heavy (non-hydrogen) atoms. The molecule has 12 heteroatoms. The highest BCUT2D eigenvalue weighted by molar-refractivity contribution is 7.15. The number of hydrogen-bond donors (Lipinski definition) is 2. The van der Waals surface area contributed by atoms with E-state index in [1.54, 1.807) is 24.4 Å². The van der Waals surface area contributed by atoms with E-state index in [0.717, 1.165) is 54.7 Å². The molecule has 0 atom stereocenters. The van der Waals surface area contributed by atoms with Gasteiger partial charge in [0.2, 0.25) is 5.95 Å². The summed E-state index contributed by atoms with van der Waals surface area (Å²) >= 11 is 1.48. The zero-order chi connectivity index (χ0) is 32.5. The number of nitrogens with one attached hydrogen (secondary N) is 2. The number of piperazine rings is 1. The second kappa shape index (κ2) is 12.9. The van der Waals surface area contributed by atoms with Gasteiger partial charge < -0.3 is 15.5 Å². The van der Waals surface area contributed by atoms with E-state index < -0.39 is 23.1 Å². The van der Waals surface area contributed by atoms with Crippen molar-refractivity contribution in [3.8, 4) is 22.6 Å². The van der Waals surface area contributed by atoms with Gasteiger partial charge in [0.15, 0.2) is 4.96 Å². The van der Waals surface area contributed by atoms with E-state index in [1.807, 2.05) is 40.2 Å². The van der Waals surface area contributed by atoms with Crippen molar-refractivity contribution in [2.24, 2.45) is 0 Å². The summed E-state index contributed by atoms with van der Waals surface area (Å²) < 4.78 is 30.4. The Balaban J connectivity index is 1.13. The molecule has 9 nitrogen and oxygen atoms in total. The molecule has 7 rings (SSSR count). The molecule has 0 spiro atoms. The van der Waals surface area contributed by atoms with Gasteiger partial charge in [0, 0.05) is 72.6 Å². The van der Waals surface area contributed by atoms with Crippen molar-refractivity contribution in [1.82, 2.24) is 24.3 Å². The Morgan fingerprint density at radius 2 is 1.64 bits per heavy atom. The van der Waals surface area contributed by atoms with Crippen molar-refractivity contribution < 1.29 is 13.6 Å². The summed E-state index contributed by atoms with van der Waals surface area (Å²) in [4.78, 5) is 32.6. The zero-order valence-electron chi connectivity index (χ0n) is 25.8. The maximum Gasteiger partial charge on any atom is 0.261 e. The quantitative estimate of drug-likeness (QED) is 0.178. The largest absolute Gasteiger partial charge is 0.369 e. The first kappa shape index (κ1) is 30.5. The van der Waals surface area contributed by atoms with Crippen LogP contribution in [-0.4, -0.2) is 62.4 Å². The van der Waals surface area contributed by atoms with Gasteiger partial charge >= 0.3 is 0 Å². The molecule has 2 N–H and O–H groups in total. The highest BCUT2D eigenvalue weighted by Gasteiger charge is 2.22. The van der Waals surface area contributed by atoms with Crippen molar-refractivity contribution in [3.05, 3.63) is 108 Å². The number of carbonyl (C=O) groups is 1. The summed E-state index contributed by atoms with van der Waals surface area (Å²) in [6, 6.07) is 21.0. The second-order valence-corrected chi connectivity index (χ2v) is 12.4. The van der Waals surface area contributed by atoms with E-state index in [1.165, 1.54) is 23.1 Å². The average molecular weight is 651 g/mol. The molecule has 1 amide bonds. The Kier molecular flexibility index (Phi) is 8.35. The van der Waals surface area contributed by atoms with E-state index in [2.05, 4.69) is 51.4 Å². The molecular formula is C35H32F2N8OS. The number of hydrogen-bond acceptors (Lipinski definition) is 8. The number of carbonyl (C=O) groups excluding carboxylic acids is 1. The second-order valence-electron chi connectivity index (χ2n) is 11.6.